The summed E-state index contributed by atoms with van der Waals surface area (Å²) in [5, 5.41) is 7.55. The first-order valence-corrected chi connectivity index (χ1v) is 11.5. The number of carbonyl (C=O) groups excluding carboxylic acids is 2. The fourth-order valence-electron chi connectivity index (χ4n) is 4.29. The van der Waals surface area contributed by atoms with E-state index in [0.717, 1.165) is 29.5 Å². The van der Waals surface area contributed by atoms with Crippen LogP contribution >= 0.6 is 0 Å². The number of rotatable bonds is 4. The Bertz CT molecular complexity index is 1370. The molecule has 0 unspecified atom stereocenters. The van der Waals surface area contributed by atoms with Crippen LogP contribution in [0.15, 0.2) is 91.0 Å². The number of carbonyl (C=O) groups is 2. The molecule has 3 amide bonds. The molecule has 1 saturated heterocycles. The van der Waals surface area contributed by atoms with E-state index in [9.17, 15) is 14.0 Å². The van der Waals surface area contributed by atoms with Crippen molar-refractivity contribution in [2.45, 2.75) is 0 Å². The molecule has 2 N–H and O–H groups in total. The molecule has 0 radical (unpaired) electrons. The fourth-order valence-corrected chi connectivity index (χ4v) is 4.29. The molecule has 4 aromatic carbocycles. The zero-order valence-electron chi connectivity index (χ0n) is 19.1. The summed E-state index contributed by atoms with van der Waals surface area (Å²) in [5.74, 6) is -0.356. The zero-order valence-corrected chi connectivity index (χ0v) is 19.1. The van der Waals surface area contributed by atoms with Gasteiger partial charge in [0.05, 0.1) is 0 Å². The number of urea groups is 1. The van der Waals surface area contributed by atoms with Gasteiger partial charge in [0.25, 0.3) is 5.91 Å². The predicted octanol–water partition coefficient (Wildman–Crippen LogP) is 5.59. The van der Waals surface area contributed by atoms with Gasteiger partial charge in [-0.25, -0.2) is 9.18 Å². The molecule has 1 fully saturated rings. The molecule has 5 rings (SSSR count). The predicted molar refractivity (Wildman–Crippen MR) is 138 cm³/mol. The summed E-state index contributed by atoms with van der Waals surface area (Å²) >= 11 is 0. The van der Waals surface area contributed by atoms with E-state index >= 15 is 0 Å². The Balaban J connectivity index is 1.15. The Labute approximate surface area is 203 Å². The van der Waals surface area contributed by atoms with E-state index in [0.29, 0.717) is 30.0 Å². The van der Waals surface area contributed by atoms with E-state index in [1.807, 2.05) is 71.6 Å². The van der Waals surface area contributed by atoms with E-state index < -0.39 is 11.8 Å². The van der Waals surface area contributed by atoms with E-state index in [2.05, 4.69) is 15.5 Å². The summed E-state index contributed by atoms with van der Waals surface area (Å²) in [6.07, 6.45) is 0. The molecular formula is C28H25FN4O2. The molecule has 6 nitrogen and oxygen atoms in total. The van der Waals surface area contributed by atoms with Crippen molar-refractivity contribution in [3.63, 3.8) is 0 Å². The third-order valence-electron chi connectivity index (χ3n) is 6.14. The van der Waals surface area contributed by atoms with Gasteiger partial charge in [0.2, 0.25) is 0 Å². The summed E-state index contributed by atoms with van der Waals surface area (Å²) in [6.45, 7) is 2.74. The maximum absolute atomic E-state index is 13.3. The lowest BCUT2D eigenvalue weighted by molar-refractivity contribution is 0.0747. The Morgan fingerprint density at radius 3 is 2.14 bits per heavy atom. The molecule has 1 aliphatic heterocycles. The average molecular weight is 469 g/mol. The van der Waals surface area contributed by atoms with Crippen molar-refractivity contribution in [1.82, 2.24) is 4.90 Å². The average Bonchev–Trinajstić information content (AvgIpc) is 2.88. The highest BCUT2D eigenvalue weighted by molar-refractivity contribution is 6.00. The van der Waals surface area contributed by atoms with Crippen LogP contribution in [-0.2, 0) is 0 Å². The van der Waals surface area contributed by atoms with Gasteiger partial charge in [-0.05, 0) is 65.4 Å². The second kappa shape index (κ2) is 9.85. The van der Waals surface area contributed by atoms with Crippen molar-refractivity contribution in [2.24, 2.45) is 0 Å². The number of piperazine rings is 1. The molecule has 0 bridgehead atoms. The maximum atomic E-state index is 13.3. The van der Waals surface area contributed by atoms with Crippen LogP contribution in [0.25, 0.3) is 10.8 Å². The Kier molecular flexibility index (Phi) is 6.30. The van der Waals surface area contributed by atoms with Crippen molar-refractivity contribution in [2.75, 3.05) is 41.7 Å². The van der Waals surface area contributed by atoms with Crippen LogP contribution in [0.2, 0.25) is 0 Å². The van der Waals surface area contributed by atoms with Crippen LogP contribution in [-0.4, -0.2) is 43.0 Å². The van der Waals surface area contributed by atoms with Gasteiger partial charge in [-0.1, -0.05) is 36.4 Å². The monoisotopic (exact) mass is 468 g/mol. The van der Waals surface area contributed by atoms with Crippen molar-refractivity contribution in [1.29, 1.82) is 0 Å². The molecule has 1 heterocycles. The van der Waals surface area contributed by atoms with Crippen molar-refractivity contribution in [3.05, 3.63) is 102 Å². The first-order valence-electron chi connectivity index (χ1n) is 11.5. The summed E-state index contributed by atoms with van der Waals surface area (Å²) in [6, 6.07) is 26.7. The standard InChI is InChI=1S/C28H25FN4O2/c29-23-6-3-7-25(19-23)31-28(35)30-24-10-12-26(13-11-24)32-14-16-33(17-15-32)27(34)22-9-8-20-4-1-2-5-21(20)18-22/h1-13,18-19H,14-17H2,(H2,30,31,35). The highest BCUT2D eigenvalue weighted by atomic mass is 19.1. The van der Waals surface area contributed by atoms with Crippen LogP contribution in [0.5, 0.6) is 0 Å². The third-order valence-corrected chi connectivity index (χ3v) is 6.14. The molecular weight excluding hydrogens is 443 g/mol. The Morgan fingerprint density at radius 1 is 0.686 bits per heavy atom. The van der Waals surface area contributed by atoms with Crippen LogP contribution in [0.4, 0.5) is 26.2 Å². The summed E-state index contributed by atoms with van der Waals surface area (Å²) in [7, 11) is 0. The minimum Gasteiger partial charge on any atom is -0.368 e. The second-order valence-corrected chi connectivity index (χ2v) is 8.48. The highest BCUT2D eigenvalue weighted by Crippen LogP contribution is 2.22. The smallest absolute Gasteiger partial charge is 0.323 e. The molecule has 4 aromatic rings. The SMILES string of the molecule is O=C(Nc1ccc(N2CCN(C(=O)c3ccc4ccccc4c3)CC2)cc1)Nc1cccc(F)c1. The van der Waals surface area contributed by atoms with Crippen LogP contribution in [0.1, 0.15) is 10.4 Å². The van der Waals surface area contributed by atoms with Gasteiger partial charge in [0, 0.05) is 48.8 Å². The van der Waals surface area contributed by atoms with E-state index in [1.165, 1.54) is 18.2 Å². The molecule has 35 heavy (non-hydrogen) atoms. The first-order chi connectivity index (χ1) is 17.0. The fraction of sp³-hybridized carbons (Fsp3) is 0.143. The number of halogens is 1. The second-order valence-electron chi connectivity index (χ2n) is 8.48. The van der Waals surface area contributed by atoms with E-state index in [-0.39, 0.29) is 5.91 Å². The minimum absolute atomic E-state index is 0.0549. The van der Waals surface area contributed by atoms with Gasteiger partial charge in [-0.2, -0.15) is 0 Å². The lowest BCUT2D eigenvalue weighted by atomic mass is 10.1. The Hall–Kier alpha value is -4.39. The summed E-state index contributed by atoms with van der Waals surface area (Å²) < 4.78 is 13.3. The van der Waals surface area contributed by atoms with Gasteiger partial charge in [-0.3, -0.25) is 4.79 Å². The van der Waals surface area contributed by atoms with Crippen molar-refractivity contribution in [3.8, 4) is 0 Å². The van der Waals surface area contributed by atoms with Gasteiger partial charge < -0.3 is 20.4 Å². The molecule has 0 atom stereocenters. The Morgan fingerprint density at radius 2 is 1.40 bits per heavy atom. The van der Waals surface area contributed by atoms with E-state index in [1.54, 1.807) is 6.07 Å². The van der Waals surface area contributed by atoms with Crippen molar-refractivity contribution >= 4 is 39.8 Å². The van der Waals surface area contributed by atoms with Gasteiger partial charge in [-0.15, -0.1) is 0 Å². The van der Waals surface area contributed by atoms with E-state index in [4.69, 9.17) is 0 Å². The molecule has 0 aliphatic carbocycles. The third kappa shape index (κ3) is 5.24. The number of nitrogens with one attached hydrogen (secondary N) is 2. The topological polar surface area (TPSA) is 64.7 Å². The number of nitrogens with zero attached hydrogens (tertiary/aromatic N) is 2. The largest absolute Gasteiger partial charge is 0.368 e. The molecule has 7 heteroatoms. The molecule has 0 saturated carbocycles. The number of hydrogen-bond acceptors (Lipinski definition) is 3. The normalized spacial score (nSPS) is 13.5. The molecule has 0 aromatic heterocycles. The minimum atomic E-state index is -0.441. The summed E-state index contributed by atoms with van der Waals surface area (Å²) in [4.78, 5) is 29.3. The first kappa shape index (κ1) is 22.4. The number of amides is 3. The van der Waals surface area contributed by atoms with Gasteiger partial charge in [0.1, 0.15) is 5.82 Å². The summed E-state index contributed by atoms with van der Waals surface area (Å²) in [5.41, 5.74) is 2.76. The number of benzene rings is 4. The van der Waals surface area contributed by atoms with Gasteiger partial charge in [0.15, 0.2) is 0 Å². The number of fused-ring (bicyclic) bond motifs is 1. The zero-order chi connectivity index (χ0) is 24.2. The van der Waals surface area contributed by atoms with Crippen molar-refractivity contribution < 1.29 is 14.0 Å². The molecule has 0 spiro atoms. The number of hydrogen-bond donors (Lipinski definition) is 2. The van der Waals surface area contributed by atoms with Gasteiger partial charge >= 0.3 is 6.03 Å². The lowest BCUT2D eigenvalue weighted by Crippen LogP contribution is -2.48. The molecule has 176 valence electrons. The van der Waals surface area contributed by atoms with Crippen LogP contribution < -0.4 is 15.5 Å². The van der Waals surface area contributed by atoms with Crippen LogP contribution in [0.3, 0.4) is 0 Å². The molecule has 1 aliphatic rings. The maximum Gasteiger partial charge on any atom is 0.323 e. The van der Waals surface area contributed by atoms with Crippen LogP contribution in [0, 0.1) is 5.82 Å². The number of anilines is 3. The quantitative estimate of drug-likeness (QED) is 0.411. The lowest BCUT2D eigenvalue weighted by Gasteiger charge is -2.36. The highest BCUT2D eigenvalue weighted by Gasteiger charge is 2.22.